The molecule has 74 valence electrons. The fourth-order valence-electron chi connectivity index (χ4n) is 1.31. The van der Waals surface area contributed by atoms with Gasteiger partial charge in [0.25, 0.3) is 0 Å². The maximum absolute atomic E-state index is 5.83. The highest BCUT2D eigenvalue weighted by molar-refractivity contribution is 7.80. The number of benzene rings is 1. The first kappa shape index (κ1) is 9.81. The maximum atomic E-state index is 5.83. The van der Waals surface area contributed by atoms with Crippen LogP contribution in [0.15, 0.2) is 24.5 Å². The number of nitrogen functional groups attached to an aromatic ring is 1. The fraction of sp³-hybridized carbons (Fsp3) is 0.0909. The van der Waals surface area contributed by atoms with E-state index in [-0.39, 0.29) is 0 Å². The molecule has 0 aliphatic carbocycles. The summed E-state index contributed by atoms with van der Waals surface area (Å²) in [4.78, 5) is 8.41. The SMILES string of the molecule is Nc1ccc2nccnc2c1C#CCS. The van der Waals surface area contributed by atoms with Crippen LogP contribution in [0.5, 0.6) is 0 Å². The molecule has 0 atom stereocenters. The maximum Gasteiger partial charge on any atom is 0.106 e. The monoisotopic (exact) mass is 215 g/mol. The average molecular weight is 215 g/mol. The summed E-state index contributed by atoms with van der Waals surface area (Å²) in [5, 5.41) is 0. The van der Waals surface area contributed by atoms with E-state index in [1.807, 2.05) is 6.07 Å². The minimum Gasteiger partial charge on any atom is -0.398 e. The second kappa shape index (κ2) is 4.20. The van der Waals surface area contributed by atoms with Crippen LogP contribution in [-0.2, 0) is 0 Å². The van der Waals surface area contributed by atoms with E-state index >= 15 is 0 Å². The van der Waals surface area contributed by atoms with Gasteiger partial charge in [0.05, 0.1) is 16.8 Å². The van der Waals surface area contributed by atoms with Gasteiger partial charge in [-0.05, 0) is 12.1 Å². The van der Waals surface area contributed by atoms with E-state index in [0.29, 0.717) is 11.4 Å². The Morgan fingerprint density at radius 3 is 2.87 bits per heavy atom. The number of nitrogens with two attached hydrogens (primary N) is 1. The normalized spacial score (nSPS) is 9.67. The zero-order valence-electron chi connectivity index (χ0n) is 7.94. The molecule has 0 fully saturated rings. The number of fused-ring (bicyclic) bond motifs is 1. The third kappa shape index (κ3) is 1.88. The molecule has 0 aliphatic heterocycles. The Labute approximate surface area is 93.1 Å². The Hall–Kier alpha value is -1.73. The highest BCUT2D eigenvalue weighted by atomic mass is 32.1. The topological polar surface area (TPSA) is 51.8 Å². The van der Waals surface area contributed by atoms with E-state index in [1.165, 1.54) is 0 Å². The first-order valence-corrected chi connectivity index (χ1v) is 5.05. The second-order valence-corrected chi connectivity index (χ2v) is 3.23. The molecule has 0 unspecified atom stereocenters. The third-order valence-electron chi connectivity index (χ3n) is 1.97. The van der Waals surface area contributed by atoms with Crippen LogP contribution < -0.4 is 5.73 Å². The van der Waals surface area contributed by atoms with Crippen molar-refractivity contribution >= 4 is 29.3 Å². The molecule has 1 aromatic heterocycles. The van der Waals surface area contributed by atoms with Gasteiger partial charge in [-0.25, -0.2) is 0 Å². The zero-order chi connectivity index (χ0) is 10.7. The van der Waals surface area contributed by atoms with Gasteiger partial charge in [0.2, 0.25) is 0 Å². The quantitative estimate of drug-likeness (QED) is 0.398. The summed E-state index contributed by atoms with van der Waals surface area (Å²) in [6.45, 7) is 0. The van der Waals surface area contributed by atoms with Gasteiger partial charge in [0.15, 0.2) is 0 Å². The highest BCUT2D eigenvalue weighted by Gasteiger charge is 2.03. The molecular weight excluding hydrogens is 206 g/mol. The van der Waals surface area contributed by atoms with Gasteiger partial charge in [0, 0.05) is 18.1 Å². The number of hydrogen-bond donors (Lipinski definition) is 2. The van der Waals surface area contributed by atoms with Crippen LogP contribution in [0.2, 0.25) is 0 Å². The molecule has 2 aromatic rings. The highest BCUT2D eigenvalue weighted by Crippen LogP contribution is 2.19. The molecule has 0 radical (unpaired) electrons. The van der Waals surface area contributed by atoms with E-state index in [9.17, 15) is 0 Å². The number of anilines is 1. The van der Waals surface area contributed by atoms with Crippen LogP contribution in [0.25, 0.3) is 11.0 Å². The van der Waals surface area contributed by atoms with Crippen molar-refractivity contribution in [2.75, 3.05) is 11.5 Å². The number of aromatic nitrogens is 2. The molecule has 2 N–H and O–H groups in total. The van der Waals surface area contributed by atoms with E-state index in [1.54, 1.807) is 18.5 Å². The Balaban J connectivity index is 2.74. The van der Waals surface area contributed by atoms with E-state index in [2.05, 4.69) is 34.4 Å². The Morgan fingerprint density at radius 2 is 2.07 bits per heavy atom. The molecule has 4 heteroatoms. The van der Waals surface area contributed by atoms with Crippen LogP contribution in [-0.4, -0.2) is 15.7 Å². The predicted molar refractivity (Wildman–Crippen MR) is 64.7 cm³/mol. The molecule has 0 spiro atoms. The number of nitrogens with zero attached hydrogens (tertiary/aromatic N) is 2. The van der Waals surface area contributed by atoms with Crippen molar-refractivity contribution in [1.82, 2.24) is 9.97 Å². The van der Waals surface area contributed by atoms with Crippen molar-refractivity contribution in [3.63, 3.8) is 0 Å². The van der Waals surface area contributed by atoms with Gasteiger partial charge in [-0.15, -0.1) is 0 Å². The summed E-state index contributed by atoms with van der Waals surface area (Å²) in [6, 6.07) is 3.63. The minimum absolute atomic E-state index is 0.496. The third-order valence-corrected chi connectivity index (χ3v) is 2.12. The van der Waals surface area contributed by atoms with Crippen molar-refractivity contribution in [1.29, 1.82) is 0 Å². The average Bonchev–Trinajstić information content (AvgIpc) is 2.28. The van der Waals surface area contributed by atoms with Gasteiger partial charge in [0.1, 0.15) is 5.52 Å². The summed E-state index contributed by atoms with van der Waals surface area (Å²) in [6.07, 6.45) is 3.28. The zero-order valence-corrected chi connectivity index (χ0v) is 8.83. The van der Waals surface area contributed by atoms with Gasteiger partial charge < -0.3 is 5.73 Å². The van der Waals surface area contributed by atoms with E-state index in [0.717, 1.165) is 16.6 Å². The molecule has 1 heterocycles. The lowest BCUT2D eigenvalue weighted by Crippen LogP contribution is -1.94. The lowest BCUT2D eigenvalue weighted by molar-refractivity contribution is 1.29. The summed E-state index contributed by atoms with van der Waals surface area (Å²) in [7, 11) is 0. The first-order chi connectivity index (χ1) is 7.33. The fourth-order valence-corrected chi connectivity index (χ4v) is 1.39. The Kier molecular flexibility index (Phi) is 2.75. The van der Waals surface area contributed by atoms with Gasteiger partial charge in [-0.1, -0.05) is 11.8 Å². The number of thiol groups is 1. The van der Waals surface area contributed by atoms with Crippen LogP contribution in [0, 0.1) is 11.8 Å². The summed E-state index contributed by atoms with van der Waals surface area (Å²) in [5.41, 5.74) is 8.73. The summed E-state index contributed by atoms with van der Waals surface area (Å²) >= 11 is 4.03. The Morgan fingerprint density at radius 1 is 1.27 bits per heavy atom. The second-order valence-electron chi connectivity index (χ2n) is 2.91. The van der Waals surface area contributed by atoms with Gasteiger partial charge >= 0.3 is 0 Å². The number of rotatable bonds is 0. The summed E-state index contributed by atoms with van der Waals surface area (Å²) < 4.78 is 0. The van der Waals surface area contributed by atoms with Crippen molar-refractivity contribution in [2.45, 2.75) is 0 Å². The largest absolute Gasteiger partial charge is 0.398 e. The molecule has 0 bridgehead atoms. The van der Waals surface area contributed by atoms with Crippen LogP contribution in [0.1, 0.15) is 5.56 Å². The summed E-state index contributed by atoms with van der Waals surface area (Å²) in [5.74, 6) is 6.31. The molecule has 1 aromatic carbocycles. The Bertz CT molecular complexity index is 554. The molecule has 0 saturated carbocycles. The molecule has 2 rings (SSSR count). The van der Waals surface area contributed by atoms with E-state index in [4.69, 9.17) is 5.73 Å². The predicted octanol–water partition coefficient (Wildman–Crippen LogP) is 1.49. The van der Waals surface area contributed by atoms with Crippen molar-refractivity contribution < 1.29 is 0 Å². The van der Waals surface area contributed by atoms with E-state index < -0.39 is 0 Å². The molecule has 0 saturated heterocycles. The van der Waals surface area contributed by atoms with Crippen molar-refractivity contribution in [2.24, 2.45) is 0 Å². The van der Waals surface area contributed by atoms with Gasteiger partial charge in [-0.2, -0.15) is 12.6 Å². The van der Waals surface area contributed by atoms with Crippen LogP contribution >= 0.6 is 12.6 Å². The lowest BCUT2D eigenvalue weighted by Gasteiger charge is -2.01. The molecular formula is C11H9N3S. The van der Waals surface area contributed by atoms with Crippen molar-refractivity contribution in [3.05, 3.63) is 30.1 Å². The lowest BCUT2D eigenvalue weighted by atomic mass is 10.1. The van der Waals surface area contributed by atoms with Crippen LogP contribution in [0.4, 0.5) is 5.69 Å². The molecule has 3 nitrogen and oxygen atoms in total. The number of hydrogen-bond acceptors (Lipinski definition) is 4. The van der Waals surface area contributed by atoms with Crippen LogP contribution in [0.3, 0.4) is 0 Å². The standard InChI is InChI=1S/C11H9N3S/c12-9-3-4-10-11(14-6-5-13-10)8(9)2-1-7-15/h3-6,15H,7,12H2. The molecule has 0 amide bonds. The van der Waals surface area contributed by atoms with Crippen molar-refractivity contribution in [3.8, 4) is 11.8 Å². The van der Waals surface area contributed by atoms with Gasteiger partial charge in [-0.3, -0.25) is 9.97 Å². The minimum atomic E-state index is 0.496. The molecule has 15 heavy (non-hydrogen) atoms. The molecule has 0 aliphatic rings. The smallest absolute Gasteiger partial charge is 0.106 e. The first-order valence-electron chi connectivity index (χ1n) is 4.42.